The molecule has 0 unspecified atom stereocenters. The van der Waals surface area contributed by atoms with E-state index in [-0.39, 0.29) is 26.8 Å². The minimum absolute atomic E-state index is 0.00906. The lowest BCUT2D eigenvalue weighted by Gasteiger charge is -2.12. The third kappa shape index (κ3) is 5.80. The SMILES string of the molecule is COc1ccc(S(=O)(=O)Nc2ccc(C(=O)NNS(=O)(=O)c3ccccc3)cc2)cc1OC. The molecule has 174 valence electrons. The van der Waals surface area contributed by atoms with Gasteiger partial charge in [0.2, 0.25) is 0 Å². The van der Waals surface area contributed by atoms with Gasteiger partial charge >= 0.3 is 0 Å². The van der Waals surface area contributed by atoms with Crippen molar-refractivity contribution >= 4 is 31.6 Å². The second kappa shape index (κ2) is 9.90. The Hall–Kier alpha value is -3.61. The van der Waals surface area contributed by atoms with E-state index in [2.05, 4.69) is 10.1 Å². The molecule has 0 fully saturated rings. The number of rotatable bonds is 9. The Kier molecular flexibility index (Phi) is 7.21. The lowest BCUT2D eigenvalue weighted by Crippen LogP contribution is -2.41. The van der Waals surface area contributed by atoms with Gasteiger partial charge in [0.25, 0.3) is 26.0 Å². The van der Waals surface area contributed by atoms with Crippen LogP contribution in [-0.2, 0) is 20.0 Å². The quantitative estimate of drug-likeness (QED) is 0.390. The summed E-state index contributed by atoms with van der Waals surface area (Å²) in [5.41, 5.74) is 2.42. The number of carbonyl (C=O) groups is 1. The number of carbonyl (C=O) groups excluding carboxylic acids is 1. The fourth-order valence-corrected chi connectivity index (χ4v) is 4.67. The van der Waals surface area contributed by atoms with E-state index in [9.17, 15) is 21.6 Å². The molecule has 3 aromatic carbocycles. The van der Waals surface area contributed by atoms with Crippen molar-refractivity contribution in [1.29, 1.82) is 0 Å². The van der Waals surface area contributed by atoms with Crippen molar-refractivity contribution in [2.24, 2.45) is 0 Å². The molecule has 0 aliphatic carbocycles. The molecular formula is C21H21N3O7S2. The normalized spacial score (nSPS) is 11.5. The molecule has 1 amide bonds. The van der Waals surface area contributed by atoms with Crippen LogP contribution in [0.1, 0.15) is 10.4 Å². The minimum Gasteiger partial charge on any atom is -0.493 e. The van der Waals surface area contributed by atoms with Crippen LogP contribution in [0.15, 0.2) is 82.6 Å². The van der Waals surface area contributed by atoms with Crippen molar-refractivity contribution in [2.45, 2.75) is 9.79 Å². The molecule has 0 aromatic heterocycles. The maximum atomic E-state index is 12.7. The largest absolute Gasteiger partial charge is 0.493 e. The molecule has 3 aromatic rings. The van der Waals surface area contributed by atoms with Gasteiger partial charge in [0.1, 0.15) is 0 Å². The van der Waals surface area contributed by atoms with Crippen LogP contribution in [-0.4, -0.2) is 37.0 Å². The number of methoxy groups -OCH3 is 2. The second-order valence-electron chi connectivity index (χ2n) is 6.57. The van der Waals surface area contributed by atoms with E-state index in [1.165, 1.54) is 68.8 Å². The summed E-state index contributed by atoms with van der Waals surface area (Å²) < 4.78 is 62.3. The first kappa shape index (κ1) is 24.0. The number of sulfonamides is 2. The highest BCUT2D eigenvalue weighted by atomic mass is 32.2. The molecule has 33 heavy (non-hydrogen) atoms. The van der Waals surface area contributed by atoms with Gasteiger partial charge < -0.3 is 9.47 Å². The molecule has 0 saturated heterocycles. The summed E-state index contributed by atoms with van der Waals surface area (Å²) in [5, 5.41) is 0. The van der Waals surface area contributed by atoms with Crippen LogP contribution >= 0.6 is 0 Å². The second-order valence-corrected chi connectivity index (χ2v) is 9.94. The first-order valence-corrected chi connectivity index (χ1v) is 12.3. The van der Waals surface area contributed by atoms with Crippen LogP contribution < -0.4 is 24.5 Å². The summed E-state index contributed by atoms with van der Waals surface area (Å²) in [6, 6.07) is 17.1. The molecule has 0 aliphatic rings. The molecule has 0 atom stereocenters. The number of anilines is 1. The number of hydrogen-bond donors (Lipinski definition) is 3. The maximum Gasteiger partial charge on any atom is 0.266 e. The zero-order chi connectivity index (χ0) is 24.1. The molecule has 0 radical (unpaired) electrons. The van der Waals surface area contributed by atoms with E-state index >= 15 is 0 Å². The molecule has 10 nitrogen and oxygen atoms in total. The van der Waals surface area contributed by atoms with Gasteiger partial charge in [-0.15, -0.1) is 4.83 Å². The fourth-order valence-electron chi connectivity index (χ4n) is 2.73. The van der Waals surface area contributed by atoms with Gasteiger partial charge in [-0.25, -0.2) is 16.8 Å². The average molecular weight is 492 g/mol. The van der Waals surface area contributed by atoms with Gasteiger partial charge in [0.15, 0.2) is 11.5 Å². The van der Waals surface area contributed by atoms with Crippen molar-refractivity contribution in [3.05, 3.63) is 78.4 Å². The summed E-state index contributed by atoms with van der Waals surface area (Å²) in [4.78, 5) is 14.2. The van der Waals surface area contributed by atoms with Gasteiger partial charge in [0, 0.05) is 17.3 Å². The van der Waals surface area contributed by atoms with Crippen molar-refractivity contribution < 1.29 is 31.1 Å². The lowest BCUT2D eigenvalue weighted by atomic mass is 10.2. The molecule has 3 N–H and O–H groups in total. The minimum atomic E-state index is -3.94. The standard InChI is InChI=1S/C21H21N3O7S2/c1-30-19-13-12-18(14-20(19)31-2)32(26,27)23-16-10-8-15(9-11-16)21(25)22-24-33(28,29)17-6-4-3-5-7-17/h3-14,23-24H,1-2H3,(H,22,25). The Morgan fingerprint density at radius 2 is 1.36 bits per heavy atom. The van der Waals surface area contributed by atoms with E-state index < -0.39 is 26.0 Å². The molecule has 12 heteroatoms. The predicted octanol–water partition coefficient (Wildman–Crippen LogP) is 2.13. The average Bonchev–Trinajstić information content (AvgIpc) is 2.83. The highest BCUT2D eigenvalue weighted by Crippen LogP contribution is 2.30. The zero-order valence-corrected chi connectivity index (χ0v) is 19.2. The molecule has 0 saturated carbocycles. The van der Waals surface area contributed by atoms with E-state index in [1.807, 2.05) is 4.83 Å². The van der Waals surface area contributed by atoms with E-state index in [1.54, 1.807) is 18.2 Å². The van der Waals surface area contributed by atoms with Crippen molar-refractivity contribution in [3.8, 4) is 11.5 Å². The van der Waals surface area contributed by atoms with E-state index in [0.29, 0.717) is 5.75 Å². The van der Waals surface area contributed by atoms with E-state index in [0.717, 1.165) is 0 Å². The smallest absolute Gasteiger partial charge is 0.266 e. The molecule has 0 aliphatic heterocycles. The first-order chi connectivity index (χ1) is 15.7. The van der Waals surface area contributed by atoms with Crippen LogP contribution in [0, 0.1) is 0 Å². The van der Waals surface area contributed by atoms with Crippen LogP contribution in [0.25, 0.3) is 0 Å². The maximum absolute atomic E-state index is 12.7. The first-order valence-electron chi connectivity index (χ1n) is 9.38. The molecule has 0 spiro atoms. The molecular weight excluding hydrogens is 470 g/mol. The number of benzene rings is 3. The Balaban J connectivity index is 1.68. The van der Waals surface area contributed by atoms with Crippen molar-refractivity contribution in [1.82, 2.24) is 10.3 Å². The van der Waals surface area contributed by atoms with Gasteiger partial charge in [0.05, 0.1) is 24.0 Å². The highest BCUT2D eigenvalue weighted by Gasteiger charge is 2.18. The monoisotopic (exact) mass is 491 g/mol. The lowest BCUT2D eigenvalue weighted by molar-refractivity contribution is 0.0945. The number of amides is 1. The van der Waals surface area contributed by atoms with Gasteiger partial charge in [-0.1, -0.05) is 18.2 Å². The third-order valence-electron chi connectivity index (χ3n) is 4.42. The number of hydrazine groups is 1. The molecule has 0 heterocycles. The summed E-state index contributed by atoms with van der Waals surface area (Å²) >= 11 is 0. The predicted molar refractivity (Wildman–Crippen MR) is 121 cm³/mol. The number of ether oxygens (including phenoxy) is 2. The zero-order valence-electron chi connectivity index (χ0n) is 17.6. The Bertz CT molecular complexity index is 1340. The summed E-state index contributed by atoms with van der Waals surface area (Å²) in [5.74, 6) is -0.0798. The Morgan fingerprint density at radius 3 is 1.97 bits per heavy atom. The summed E-state index contributed by atoms with van der Waals surface area (Å²) in [6.07, 6.45) is 0. The van der Waals surface area contributed by atoms with Crippen LogP contribution in [0.3, 0.4) is 0 Å². The summed E-state index contributed by atoms with van der Waals surface area (Å²) in [7, 11) is -5.04. The third-order valence-corrected chi connectivity index (χ3v) is 7.06. The molecule has 0 bridgehead atoms. The van der Waals surface area contributed by atoms with Crippen LogP contribution in [0.5, 0.6) is 11.5 Å². The van der Waals surface area contributed by atoms with E-state index in [4.69, 9.17) is 9.47 Å². The highest BCUT2D eigenvalue weighted by molar-refractivity contribution is 7.92. The topological polar surface area (TPSA) is 140 Å². The van der Waals surface area contributed by atoms with Crippen LogP contribution in [0.4, 0.5) is 5.69 Å². The van der Waals surface area contributed by atoms with Gasteiger partial charge in [-0.2, -0.15) is 0 Å². The Labute approximate surface area is 191 Å². The summed E-state index contributed by atoms with van der Waals surface area (Å²) in [6.45, 7) is 0. The van der Waals surface area contributed by atoms with Gasteiger partial charge in [-0.3, -0.25) is 14.9 Å². The fraction of sp³-hybridized carbons (Fsp3) is 0.0952. The van der Waals surface area contributed by atoms with Gasteiger partial charge in [-0.05, 0) is 48.5 Å². The number of nitrogens with one attached hydrogen (secondary N) is 3. The van der Waals surface area contributed by atoms with Crippen molar-refractivity contribution in [2.75, 3.05) is 18.9 Å². The Morgan fingerprint density at radius 1 is 0.727 bits per heavy atom. The van der Waals surface area contributed by atoms with Crippen molar-refractivity contribution in [3.63, 3.8) is 0 Å². The molecule has 3 rings (SSSR count). The van der Waals surface area contributed by atoms with Crippen LogP contribution in [0.2, 0.25) is 0 Å². The number of hydrogen-bond acceptors (Lipinski definition) is 7.